The summed E-state index contributed by atoms with van der Waals surface area (Å²) in [7, 11) is 0. The summed E-state index contributed by atoms with van der Waals surface area (Å²) >= 11 is 3.63. The minimum absolute atomic E-state index is 0. The van der Waals surface area contributed by atoms with Crippen molar-refractivity contribution >= 4 is 28.3 Å². The van der Waals surface area contributed by atoms with Crippen LogP contribution >= 0.6 is 28.3 Å². The van der Waals surface area contributed by atoms with Gasteiger partial charge in [-0.3, -0.25) is 0 Å². The van der Waals surface area contributed by atoms with E-state index in [9.17, 15) is 0 Å². The SMILES string of the molecule is CCC(C)c1ccc(OCCC2CCCNC2)c(Br)c1.Cl. The third-order valence-electron chi connectivity index (χ3n) is 4.32. The molecule has 1 aromatic rings. The van der Waals surface area contributed by atoms with Crippen molar-refractivity contribution in [2.45, 2.75) is 45.4 Å². The van der Waals surface area contributed by atoms with E-state index in [1.165, 1.54) is 31.4 Å². The van der Waals surface area contributed by atoms with Crippen molar-refractivity contribution < 1.29 is 4.74 Å². The Hall–Kier alpha value is -0.250. The minimum atomic E-state index is 0. The number of nitrogens with one attached hydrogen (secondary N) is 1. The Kier molecular flexibility index (Phi) is 8.69. The Morgan fingerprint density at radius 2 is 2.24 bits per heavy atom. The molecule has 0 spiro atoms. The Labute approximate surface area is 143 Å². The number of ether oxygens (including phenoxy) is 1. The van der Waals surface area contributed by atoms with Crippen LogP contribution in [0.3, 0.4) is 0 Å². The summed E-state index contributed by atoms with van der Waals surface area (Å²) in [5.74, 6) is 2.36. The molecule has 21 heavy (non-hydrogen) atoms. The fraction of sp³-hybridized carbons (Fsp3) is 0.647. The van der Waals surface area contributed by atoms with Gasteiger partial charge in [-0.2, -0.15) is 0 Å². The molecule has 4 heteroatoms. The fourth-order valence-electron chi connectivity index (χ4n) is 2.68. The van der Waals surface area contributed by atoms with E-state index in [1.54, 1.807) is 0 Å². The molecule has 2 rings (SSSR count). The quantitative estimate of drug-likeness (QED) is 0.741. The zero-order valence-electron chi connectivity index (χ0n) is 13.0. The molecule has 0 aromatic heterocycles. The molecule has 0 aliphatic carbocycles. The number of halogens is 2. The summed E-state index contributed by atoms with van der Waals surface area (Å²) in [6.45, 7) is 7.63. The number of hydrogen-bond donors (Lipinski definition) is 1. The second kappa shape index (κ2) is 9.70. The topological polar surface area (TPSA) is 21.3 Å². The number of piperidine rings is 1. The van der Waals surface area contributed by atoms with E-state index >= 15 is 0 Å². The van der Waals surface area contributed by atoms with Crippen molar-refractivity contribution in [3.63, 3.8) is 0 Å². The van der Waals surface area contributed by atoms with Crippen LogP contribution in [0.2, 0.25) is 0 Å². The van der Waals surface area contributed by atoms with Crippen LogP contribution in [-0.4, -0.2) is 19.7 Å². The van der Waals surface area contributed by atoms with Crippen LogP contribution in [0.25, 0.3) is 0 Å². The van der Waals surface area contributed by atoms with Gasteiger partial charge in [-0.1, -0.05) is 19.9 Å². The highest BCUT2D eigenvalue weighted by Gasteiger charge is 2.13. The van der Waals surface area contributed by atoms with E-state index in [-0.39, 0.29) is 12.4 Å². The summed E-state index contributed by atoms with van der Waals surface area (Å²) in [5, 5.41) is 3.46. The van der Waals surface area contributed by atoms with E-state index in [4.69, 9.17) is 4.74 Å². The maximum atomic E-state index is 5.93. The van der Waals surface area contributed by atoms with Crippen LogP contribution in [0.1, 0.15) is 51.0 Å². The molecule has 2 nitrogen and oxygen atoms in total. The molecule has 0 bridgehead atoms. The van der Waals surface area contributed by atoms with E-state index in [1.807, 2.05) is 0 Å². The van der Waals surface area contributed by atoms with Crippen LogP contribution in [0.15, 0.2) is 22.7 Å². The Morgan fingerprint density at radius 3 is 2.86 bits per heavy atom. The first-order valence-corrected chi connectivity index (χ1v) is 8.63. The molecule has 120 valence electrons. The van der Waals surface area contributed by atoms with Crippen molar-refractivity contribution in [1.29, 1.82) is 0 Å². The Balaban J connectivity index is 0.00000220. The van der Waals surface area contributed by atoms with Crippen LogP contribution in [0.5, 0.6) is 5.75 Å². The molecule has 1 saturated heterocycles. The van der Waals surface area contributed by atoms with Crippen molar-refractivity contribution in [2.75, 3.05) is 19.7 Å². The molecule has 1 aliphatic rings. The second-order valence-corrected chi connectivity index (χ2v) is 6.70. The van der Waals surface area contributed by atoms with Gasteiger partial charge in [0.1, 0.15) is 5.75 Å². The molecule has 0 radical (unpaired) electrons. The van der Waals surface area contributed by atoms with Crippen LogP contribution in [0, 0.1) is 5.92 Å². The summed E-state index contributed by atoms with van der Waals surface area (Å²) in [6.07, 6.45) is 4.95. The lowest BCUT2D eigenvalue weighted by molar-refractivity contribution is 0.253. The minimum Gasteiger partial charge on any atom is -0.492 e. The molecule has 1 fully saturated rings. The first-order valence-electron chi connectivity index (χ1n) is 7.83. The highest BCUT2D eigenvalue weighted by atomic mass is 79.9. The third-order valence-corrected chi connectivity index (χ3v) is 4.94. The highest BCUT2D eigenvalue weighted by molar-refractivity contribution is 9.10. The van der Waals surface area contributed by atoms with E-state index in [0.29, 0.717) is 5.92 Å². The normalized spacial score (nSPS) is 19.7. The van der Waals surface area contributed by atoms with Gasteiger partial charge in [0.25, 0.3) is 0 Å². The van der Waals surface area contributed by atoms with E-state index in [0.717, 1.165) is 35.7 Å². The zero-order chi connectivity index (χ0) is 14.4. The lowest BCUT2D eigenvalue weighted by Gasteiger charge is -2.22. The first-order chi connectivity index (χ1) is 9.70. The molecule has 0 saturated carbocycles. The Morgan fingerprint density at radius 1 is 1.43 bits per heavy atom. The van der Waals surface area contributed by atoms with Gasteiger partial charge < -0.3 is 10.1 Å². The summed E-state index contributed by atoms with van der Waals surface area (Å²) < 4.78 is 7.01. The van der Waals surface area contributed by atoms with Crippen molar-refractivity contribution in [1.82, 2.24) is 5.32 Å². The van der Waals surface area contributed by atoms with Gasteiger partial charge in [-0.15, -0.1) is 12.4 Å². The van der Waals surface area contributed by atoms with Gasteiger partial charge in [-0.05, 0) is 84.2 Å². The van der Waals surface area contributed by atoms with Crippen molar-refractivity contribution in [2.24, 2.45) is 5.92 Å². The Bertz CT molecular complexity index is 421. The maximum absolute atomic E-state index is 5.93. The molecule has 2 atom stereocenters. The van der Waals surface area contributed by atoms with Crippen molar-refractivity contribution in [3.05, 3.63) is 28.2 Å². The van der Waals surface area contributed by atoms with Crippen LogP contribution in [-0.2, 0) is 0 Å². The number of rotatable bonds is 6. The summed E-state index contributed by atoms with van der Waals surface area (Å²) in [4.78, 5) is 0. The zero-order valence-corrected chi connectivity index (χ0v) is 15.4. The monoisotopic (exact) mass is 375 g/mol. The molecular formula is C17H27BrClNO. The van der Waals surface area contributed by atoms with Gasteiger partial charge in [-0.25, -0.2) is 0 Å². The maximum Gasteiger partial charge on any atom is 0.133 e. The van der Waals surface area contributed by atoms with E-state index < -0.39 is 0 Å². The third kappa shape index (κ3) is 5.80. The largest absolute Gasteiger partial charge is 0.492 e. The first kappa shape index (κ1) is 18.8. The molecule has 1 aliphatic heterocycles. The highest BCUT2D eigenvalue weighted by Crippen LogP contribution is 2.30. The lowest BCUT2D eigenvalue weighted by Crippen LogP contribution is -2.30. The fourth-order valence-corrected chi connectivity index (χ4v) is 3.19. The van der Waals surface area contributed by atoms with Crippen molar-refractivity contribution in [3.8, 4) is 5.75 Å². The predicted octanol–water partition coefficient (Wildman–Crippen LogP) is 5.15. The standard InChI is InChI=1S/C17H26BrNO.ClH/c1-3-13(2)15-6-7-17(16(18)11-15)20-10-8-14-5-4-9-19-12-14;/h6-7,11,13-14,19H,3-5,8-10,12H2,1-2H3;1H. The van der Waals surface area contributed by atoms with Gasteiger partial charge in [0.15, 0.2) is 0 Å². The predicted molar refractivity (Wildman–Crippen MR) is 95.8 cm³/mol. The van der Waals surface area contributed by atoms with E-state index in [2.05, 4.69) is 53.3 Å². The summed E-state index contributed by atoms with van der Waals surface area (Å²) in [5.41, 5.74) is 1.38. The van der Waals surface area contributed by atoms with Crippen LogP contribution in [0.4, 0.5) is 0 Å². The average molecular weight is 377 g/mol. The second-order valence-electron chi connectivity index (χ2n) is 5.85. The molecule has 0 amide bonds. The lowest BCUT2D eigenvalue weighted by atomic mass is 9.97. The summed E-state index contributed by atoms with van der Waals surface area (Å²) in [6, 6.07) is 6.49. The van der Waals surface area contributed by atoms with Gasteiger partial charge in [0, 0.05) is 0 Å². The van der Waals surface area contributed by atoms with Gasteiger partial charge in [0.2, 0.25) is 0 Å². The molecular weight excluding hydrogens is 350 g/mol. The molecule has 2 unspecified atom stereocenters. The number of benzene rings is 1. The number of hydrogen-bond acceptors (Lipinski definition) is 2. The molecule has 1 aromatic carbocycles. The molecule has 1 N–H and O–H groups in total. The van der Waals surface area contributed by atoms with Crippen LogP contribution < -0.4 is 10.1 Å². The average Bonchev–Trinajstić information content (AvgIpc) is 2.49. The van der Waals surface area contributed by atoms with Gasteiger partial charge >= 0.3 is 0 Å². The van der Waals surface area contributed by atoms with Gasteiger partial charge in [0.05, 0.1) is 11.1 Å². The smallest absolute Gasteiger partial charge is 0.133 e. The molecule has 1 heterocycles.